The summed E-state index contributed by atoms with van der Waals surface area (Å²) < 4.78 is 0. The van der Waals surface area contributed by atoms with Crippen LogP contribution in [0.5, 0.6) is 0 Å². The number of hydrogen-bond donors (Lipinski definition) is 1. The maximum Gasteiger partial charge on any atom is 0.0499 e. The number of hydrogen-bond acceptors (Lipinski definition) is 1. The van der Waals surface area contributed by atoms with Crippen LogP contribution in [0.2, 0.25) is 5.02 Å². The van der Waals surface area contributed by atoms with Crippen molar-refractivity contribution in [3.05, 3.63) is 34.9 Å². The summed E-state index contributed by atoms with van der Waals surface area (Å²) >= 11 is 5.86. The molecule has 0 fully saturated rings. The molecule has 0 aliphatic carbocycles. The molecule has 0 bridgehead atoms. The molecule has 0 radical (unpaired) electrons. The van der Waals surface area contributed by atoms with Gasteiger partial charge in [0.2, 0.25) is 0 Å². The van der Waals surface area contributed by atoms with Gasteiger partial charge in [-0.3, -0.25) is 0 Å². The highest BCUT2D eigenvalue weighted by molar-refractivity contribution is 6.30. The Morgan fingerprint density at radius 2 is 1.69 bits per heavy atom. The van der Waals surface area contributed by atoms with Crippen LogP contribution in [0.4, 0.5) is 0 Å². The molecule has 1 N–H and O–H groups in total. The molecular formula is C14H21ClO. The topological polar surface area (TPSA) is 20.2 Å². The molecule has 1 aromatic rings. The summed E-state index contributed by atoms with van der Waals surface area (Å²) in [5.41, 5.74) is 1.19. The third-order valence-corrected chi connectivity index (χ3v) is 3.59. The molecule has 0 heterocycles. The van der Waals surface area contributed by atoms with E-state index in [9.17, 15) is 5.11 Å². The first-order valence-electron chi connectivity index (χ1n) is 6.07. The summed E-state index contributed by atoms with van der Waals surface area (Å²) in [4.78, 5) is 0. The molecule has 2 heteroatoms. The lowest BCUT2D eigenvalue weighted by Gasteiger charge is -2.20. The van der Waals surface area contributed by atoms with Crippen LogP contribution in [-0.2, 0) is 0 Å². The lowest BCUT2D eigenvalue weighted by atomic mass is 9.87. The highest BCUT2D eigenvalue weighted by Gasteiger charge is 2.15. The molecule has 1 aromatic carbocycles. The predicted octanol–water partition coefficient (Wildman–Crippen LogP) is 4.24. The Labute approximate surface area is 103 Å². The van der Waals surface area contributed by atoms with Crippen molar-refractivity contribution >= 4 is 11.6 Å². The normalized spacial score (nSPS) is 13.1. The van der Waals surface area contributed by atoms with E-state index in [1.807, 2.05) is 24.3 Å². The zero-order valence-corrected chi connectivity index (χ0v) is 10.9. The number of halogens is 1. The minimum absolute atomic E-state index is 0.220. The first kappa shape index (κ1) is 13.5. The van der Waals surface area contributed by atoms with Gasteiger partial charge < -0.3 is 5.11 Å². The van der Waals surface area contributed by atoms with Gasteiger partial charge in [-0.25, -0.2) is 0 Å². The molecule has 0 aliphatic rings. The van der Waals surface area contributed by atoms with E-state index in [2.05, 4.69) is 13.8 Å². The van der Waals surface area contributed by atoms with Crippen molar-refractivity contribution < 1.29 is 5.11 Å². The molecule has 0 aliphatic heterocycles. The van der Waals surface area contributed by atoms with Crippen molar-refractivity contribution in [3.63, 3.8) is 0 Å². The maximum absolute atomic E-state index is 9.46. The van der Waals surface area contributed by atoms with E-state index in [0.717, 1.165) is 11.4 Å². The van der Waals surface area contributed by atoms with Gasteiger partial charge in [0.1, 0.15) is 0 Å². The van der Waals surface area contributed by atoms with E-state index in [-0.39, 0.29) is 12.5 Å². The Kier molecular flexibility index (Phi) is 5.86. The van der Waals surface area contributed by atoms with E-state index in [1.165, 1.54) is 18.4 Å². The Bertz CT molecular complexity index is 290. The summed E-state index contributed by atoms with van der Waals surface area (Å²) in [6.07, 6.45) is 3.42. The molecule has 1 unspecified atom stereocenters. The zero-order chi connectivity index (χ0) is 12.0. The molecule has 16 heavy (non-hydrogen) atoms. The van der Waals surface area contributed by atoms with E-state index >= 15 is 0 Å². The van der Waals surface area contributed by atoms with Crippen LogP contribution >= 0.6 is 11.6 Å². The molecule has 0 saturated heterocycles. The fourth-order valence-corrected chi connectivity index (χ4v) is 2.20. The van der Waals surface area contributed by atoms with Crippen molar-refractivity contribution in [3.8, 4) is 0 Å². The van der Waals surface area contributed by atoms with Crippen molar-refractivity contribution in [1.82, 2.24) is 0 Å². The standard InChI is InChI=1S/C14H21ClO/c1-3-11(4-2)9-13(10-16)12-5-7-14(15)8-6-12/h5-8,11,13,16H,3-4,9-10H2,1-2H3. The summed E-state index contributed by atoms with van der Waals surface area (Å²) in [7, 11) is 0. The highest BCUT2D eigenvalue weighted by atomic mass is 35.5. The minimum atomic E-state index is 0.220. The lowest BCUT2D eigenvalue weighted by molar-refractivity contribution is 0.240. The monoisotopic (exact) mass is 240 g/mol. The fourth-order valence-electron chi connectivity index (χ4n) is 2.08. The molecule has 1 rings (SSSR count). The van der Waals surface area contributed by atoms with E-state index in [1.54, 1.807) is 0 Å². The van der Waals surface area contributed by atoms with Gasteiger partial charge in [-0.1, -0.05) is 50.4 Å². The average Bonchev–Trinajstić information content (AvgIpc) is 2.32. The van der Waals surface area contributed by atoms with Crippen LogP contribution in [0.3, 0.4) is 0 Å². The summed E-state index contributed by atoms with van der Waals surface area (Å²) in [5.74, 6) is 0.954. The number of aliphatic hydroxyl groups excluding tert-OH is 1. The average molecular weight is 241 g/mol. The molecule has 0 spiro atoms. The SMILES string of the molecule is CCC(CC)CC(CO)c1ccc(Cl)cc1. The summed E-state index contributed by atoms with van der Waals surface area (Å²) in [6.45, 7) is 4.65. The number of aliphatic hydroxyl groups is 1. The van der Waals surface area contributed by atoms with Crippen molar-refractivity contribution in [2.45, 2.75) is 39.0 Å². The van der Waals surface area contributed by atoms with E-state index in [0.29, 0.717) is 5.92 Å². The van der Waals surface area contributed by atoms with Gasteiger partial charge in [0.25, 0.3) is 0 Å². The number of rotatable bonds is 6. The van der Waals surface area contributed by atoms with Crippen LogP contribution in [0, 0.1) is 5.92 Å². The Balaban J connectivity index is 2.70. The molecule has 1 atom stereocenters. The zero-order valence-electron chi connectivity index (χ0n) is 10.1. The molecular weight excluding hydrogens is 220 g/mol. The van der Waals surface area contributed by atoms with Gasteiger partial charge in [0.05, 0.1) is 0 Å². The fraction of sp³-hybridized carbons (Fsp3) is 0.571. The maximum atomic E-state index is 9.46. The lowest BCUT2D eigenvalue weighted by Crippen LogP contribution is -2.10. The first-order valence-corrected chi connectivity index (χ1v) is 6.45. The minimum Gasteiger partial charge on any atom is -0.396 e. The van der Waals surface area contributed by atoms with Gasteiger partial charge in [-0.2, -0.15) is 0 Å². The van der Waals surface area contributed by atoms with Crippen LogP contribution < -0.4 is 0 Å². The van der Waals surface area contributed by atoms with Gasteiger partial charge >= 0.3 is 0 Å². The second-order valence-corrected chi connectivity index (χ2v) is 4.79. The quantitative estimate of drug-likeness (QED) is 0.789. The largest absolute Gasteiger partial charge is 0.396 e. The molecule has 0 amide bonds. The molecule has 0 aromatic heterocycles. The second-order valence-electron chi connectivity index (χ2n) is 4.35. The summed E-state index contributed by atoms with van der Waals surface area (Å²) in [6, 6.07) is 7.83. The van der Waals surface area contributed by atoms with Crippen molar-refractivity contribution in [2.24, 2.45) is 5.92 Å². The van der Waals surface area contributed by atoms with Crippen molar-refractivity contribution in [1.29, 1.82) is 0 Å². The second kappa shape index (κ2) is 6.93. The first-order chi connectivity index (χ1) is 7.71. The van der Waals surface area contributed by atoms with E-state index in [4.69, 9.17) is 11.6 Å². The van der Waals surface area contributed by atoms with Crippen LogP contribution in [0.1, 0.15) is 44.6 Å². The van der Waals surface area contributed by atoms with Gasteiger partial charge in [-0.15, -0.1) is 0 Å². The smallest absolute Gasteiger partial charge is 0.0499 e. The molecule has 1 nitrogen and oxygen atoms in total. The van der Waals surface area contributed by atoms with Gasteiger partial charge in [0, 0.05) is 17.5 Å². The predicted molar refractivity (Wildman–Crippen MR) is 70.0 cm³/mol. The van der Waals surface area contributed by atoms with Gasteiger partial charge in [0.15, 0.2) is 0 Å². The third kappa shape index (κ3) is 3.80. The van der Waals surface area contributed by atoms with Crippen LogP contribution in [-0.4, -0.2) is 11.7 Å². The Hall–Kier alpha value is -0.530. The highest BCUT2D eigenvalue weighted by Crippen LogP contribution is 2.27. The van der Waals surface area contributed by atoms with Crippen molar-refractivity contribution in [2.75, 3.05) is 6.61 Å². The third-order valence-electron chi connectivity index (χ3n) is 3.33. The van der Waals surface area contributed by atoms with Crippen LogP contribution in [0.15, 0.2) is 24.3 Å². The van der Waals surface area contributed by atoms with Crippen LogP contribution in [0.25, 0.3) is 0 Å². The van der Waals surface area contributed by atoms with Gasteiger partial charge in [-0.05, 0) is 30.0 Å². The molecule has 0 saturated carbocycles. The van der Waals surface area contributed by atoms with E-state index < -0.39 is 0 Å². The Morgan fingerprint density at radius 3 is 2.12 bits per heavy atom. The Morgan fingerprint density at radius 1 is 1.12 bits per heavy atom. The summed E-state index contributed by atoms with van der Waals surface area (Å²) in [5, 5.41) is 10.2. The molecule has 90 valence electrons. The number of benzene rings is 1.